The number of hydrogen-bond donors (Lipinski definition) is 0. The molecule has 110 valence electrons. The monoisotopic (exact) mass is 308 g/mol. The van der Waals surface area contributed by atoms with Crippen molar-refractivity contribution >= 4 is 30.0 Å². The van der Waals surface area contributed by atoms with Crippen LogP contribution in [0.3, 0.4) is 0 Å². The van der Waals surface area contributed by atoms with Crippen molar-refractivity contribution in [1.82, 2.24) is 5.01 Å². The van der Waals surface area contributed by atoms with E-state index in [2.05, 4.69) is 5.10 Å². The second kappa shape index (κ2) is 4.31. The summed E-state index contributed by atoms with van der Waals surface area (Å²) in [5.41, 5.74) is -3.30. The van der Waals surface area contributed by atoms with E-state index in [4.69, 9.17) is 11.6 Å². The third kappa shape index (κ3) is 1.95. The van der Waals surface area contributed by atoms with Crippen LogP contribution >= 0.6 is 11.6 Å². The van der Waals surface area contributed by atoms with Crippen molar-refractivity contribution in [2.24, 2.45) is 15.9 Å². The molecule has 0 unspecified atom stereocenters. The first-order chi connectivity index (χ1) is 9.11. The van der Waals surface area contributed by atoms with E-state index in [1.807, 2.05) is 0 Å². The van der Waals surface area contributed by atoms with E-state index in [1.54, 1.807) is 0 Å². The number of allylic oxidation sites excluding steroid dienone is 2. The molecule has 0 saturated heterocycles. The van der Waals surface area contributed by atoms with Gasteiger partial charge < -0.3 is 0 Å². The Hall–Kier alpha value is -1.37. The summed E-state index contributed by atoms with van der Waals surface area (Å²) in [5, 5.41) is 4.57. The molecule has 2 aliphatic carbocycles. The second-order valence-electron chi connectivity index (χ2n) is 5.22. The first-order valence-electron chi connectivity index (χ1n) is 5.81. The van der Waals surface area contributed by atoms with Crippen molar-refractivity contribution in [2.45, 2.75) is 25.9 Å². The summed E-state index contributed by atoms with van der Waals surface area (Å²) in [5.74, 6) is -0.648. The Morgan fingerprint density at radius 1 is 1.40 bits per heavy atom. The highest BCUT2D eigenvalue weighted by molar-refractivity contribution is 6.35. The fourth-order valence-electron chi connectivity index (χ4n) is 2.48. The van der Waals surface area contributed by atoms with Gasteiger partial charge in [-0.15, -0.1) is 0 Å². The third-order valence-electron chi connectivity index (χ3n) is 3.99. The second-order valence-corrected chi connectivity index (χ2v) is 5.78. The number of ketones is 1. The number of carbonyl (C=O) groups is 2. The number of halogens is 4. The Morgan fingerprint density at radius 2 is 1.95 bits per heavy atom. The van der Waals surface area contributed by atoms with Crippen molar-refractivity contribution in [2.75, 3.05) is 7.05 Å². The number of hydrogen-bond acceptors (Lipinski definition) is 3. The summed E-state index contributed by atoms with van der Waals surface area (Å²) < 4.78 is 38.4. The zero-order valence-corrected chi connectivity index (χ0v) is 11.5. The molecule has 1 amide bonds. The van der Waals surface area contributed by atoms with Crippen LogP contribution in [0.5, 0.6) is 0 Å². The maximum Gasteiger partial charge on any atom is 0.395 e. The van der Waals surface area contributed by atoms with Crippen LogP contribution in [0, 0.1) is 10.8 Å². The molecule has 8 heteroatoms. The van der Waals surface area contributed by atoms with Crippen LogP contribution in [-0.4, -0.2) is 36.6 Å². The minimum atomic E-state index is -4.37. The number of fused-ring (bicyclic) bond motifs is 1. The predicted molar refractivity (Wildman–Crippen MR) is 66.0 cm³/mol. The standard InChI is InChI=1S/C12H12ClF3N2O2/c1-7(13)8(3-17-18(2)6-19)9(20)10-4-11(10,5-10)12(14,15)16/h3,6H,4-5H2,1-2H3/b8-7-,17-3-. The average molecular weight is 309 g/mol. The van der Waals surface area contributed by atoms with Crippen LogP contribution in [0.25, 0.3) is 0 Å². The smallest absolute Gasteiger partial charge is 0.293 e. The molecule has 0 aromatic rings. The Labute approximate surface area is 118 Å². The Morgan fingerprint density at radius 3 is 2.30 bits per heavy atom. The maximum atomic E-state index is 12.8. The van der Waals surface area contributed by atoms with Crippen LogP contribution in [0.2, 0.25) is 0 Å². The number of rotatable bonds is 5. The van der Waals surface area contributed by atoms with Gasteiger partial charge in [0.05, 0.1) is 17.2 Å². The van der Waals surface area contributed by atoms with E-state index in [9.17, 15) is 22.8 Å². The van der Waals surface area contributed by atoms with Crippen molar-refractivity contribution in [3.8, 4) is 0 Å². The van der Waals surface area contributed by atoms with Crippen LogP contribution in [0.15, 0.2) is 15.7 Å². The number of nitrogens with zero attached hydrogens (tertiary/aromatic N) is 2. The number of carbonyl (C=O) groups excluding carboxylic acids is 2. The van der Waals surface area contributed by atoms with Crippen LogP contribution in [0.1, 0.15) is 19.8 Å². The largest absolute Gasteiger partial charge is 0.395 e. The zero-order chi connectivity index (χ0) is 15.3. The molecule has 0 aromatic heterocycles. The molecule has 4 nitrogen and oxygen atoms in total. The van der Waals surface area contributed by atoms with Crippen LogP contribution < -0.4 is 0 Å². The van der Waals surface area contributed by atoms with Crippen molar-refractivity contribution in [3.63, 3.8) is 0 Å². The minimum absolute atomic E-state index is 0.0577. The average Bonchev–Trinajstić information content (AvgIpc) is 3.13. The highest BCUT2D eigenvalue weighted by Gasteiger charge is 2.96. The normalized spacial score (nSPS) is 32.5. The molecular formula is C12H12ClF3N2O2. The molecule has 0 atom stereocenters. The van der Waals surface area contributed by atoms with Crippen molar-refractivity contribution < 1.29 is 22.8 Å². The number of alkyl halides is 3. The molecule has 0 bridgehead atoms. The SMILES string of the molecule is C/C(Cl)=C(\C=N/N(C)C=O)C(=O)C12CC1(C(F)(F)F)C2. The van der Waals surface area contributed by atoms with E-state index in [0.29, 0.717) is 6.41 Å². The van der Waals surface area contributed by atoms with Gasteiger partial charge in [0, 0.05) is 17.5 Å². The quantitative estimate of drug-likeness (QED) is 0.339. The molecule has 0 spiro atoms. The lowest BCUT2D eigenvalue weighted by atomic mass is 10.0. The first kappa shape index (κ1) is 15.0. The van der Waals surface area contributed by atoms with Crippen LogP contribution in [-0.2, 0) is 9.59 Å². The summed E-state index contributed by atoms with van der Waals surface area (Å²) in [6, 6.07) is 0. The number of amides is 1. The predicted octanol–water partition coefficient (Wildman–Crippen LogP) is 2.48. The highest BCUT2D eigenvalue weighted by atomic mass is 35.5. The van der Waals surface area contributed by atoms with Gasteiger partial charge in [-0.1, -0.05) is 11.6 Å². The molecule has 0 N–H and O–H groups in total. The lowest BCUT2D eigenvalue weighted by Gasteiger charge is -2.06. The molecular weight excluding hydrogens is 297 g/mol. The van der Waals surface area contributed by atoms with Gasteiger partial charge in [0.2, 0.25) is 6.41 Å². The summed E-state index contributed by atoms with van der Waals surface area (Å²) in [6.07, 6.45) is -3.31. The van der Waals surface area contributed by atoms with Gasteiger partial charge in [-0.05, 0) is 19.8 Å². The molecule has 0 aromatic carbocycles. The van der Waals surface area contributed by atoms with Gasteiger partial charge in [0.25, 0.3) is 0 Å². The fourth-order valence-corrected chi connectivity index (χ4v) is 2.61. The topological polar surface area (TPSA) is 49.7 Å². The van der Waals surface area contributed by atoms with Crippen molar-refractivity contribution in [3.05, 3.63) is 10.6 Å². The maximum absolute atomic E-state index is 12.8. The van der Waals surface area contributed by atoms with E-state index < -0.39 is 22.8 Å². The first-order valence-corrected chi connectivity index (χ1v) is 6.19. The molecule has 2 saturated carbocycles. The highest BCUT2D eigenvalue weighted by Crippen LogP contribution is 2.91. The van der Waals surface area contributed by atoms with E-state index in [-0.39, 0.29) is 23.4 Å². The molecule has 0 radical (unpaired) electrons. The van der Waals surface area contributed by atoms with E-state index in [0.717, 1.165) is 11.2 Å². The third-order valence-corrected chi connectivity index (χ3v) is 4.19. The number of hydrazone groups is 1. The van der Waals surface area contributed by atoms with E-state index in [1.165, 1.54) is 14.0 Å². The molecule has 2 aliphatic rings. The molecule has 0 heterocycles. The molecule has 2 rings (SSSR count). The summed E-state index contributed by atoms with van der Waals surface area (Å²) in [4.78, 5) is 22.6. The van der Waals surface area contributed by atoms with E-state index >= 15 is 0 Å². The Balaban J connectivity index is 2.20. The molecule has 2 fully saturated rings. The van der Waals surface area contributed by atoms with Gasteiger partial charge in [-0.25, -0.2) is 5.01 Å². The lowest BCUT2D eigenvalue weighted by molar-refractivity contribution is -0.169. The van der Waals surface area contributed by atoms with Gasteiger partial charge in [-0.3, -0.25) is 9.59 Å². The minimum Gasteiger partial charge on any atom is -0.293 e. The summed E-state index contributed by atoms with van der Waals surface area (Å²) in [7, 11) is 1.34. The zero-order valence-electron chi connectivity index (χ0n) is 10.8. The summed E-state index contributed by atoms with van der Waals surface area (Å²) >= 11 is 5.76. The van der Waals surface area contributed by atoms with Gasteiger partial charge >= 0.3 is 6.18 Å². The molecule has 0 aliphatic heterocycles. The Bertz CT molecular complexity index is 529. The lowest BCUT2D eigenvalue weighted by Crippen LogP contribution is -2.18. The summed E-state index contributed by atoms with van der Waals surface area (Å²) in [6.45, 7) is 1.40. The van der Waals surface area contributed by atoms with Gasteiger partial charge in [0.15, 0.2) is 5.78 Å². The fraction of sp³-hybridized carbons (Fsp3) is 0.583. The number of Topliss-reactive ketones (excluding diaryl/α,β-unsaturated/α-hetero) is 1. The van der Waals surface area contributed by atoms with Crippen LogP contribution in [0.4, 0.5) is 13.2 Å². The molecule has 20 heavy (non-hydrogen) atoms. The van der Waals surface area contributed by atoms with Gasteiger partial charge in [-0.2, -0.15) is 18.3 Å². The Kier molecular flexibility index (Phi) is 3.24. The van der Waals surface area contributed by atoms with Gasteiger partial charge in [0.1, 0.15) is 0 Å². The van der Waals surface area contributed by atoms with Crippen molar-refractivity contribution in [1.29, 1.82) is 0 Å².